The molecular weight excluding hydrogens is 296 g/mol. The third-order valence-corrected chi connectivity index (χ3v) is 5.00. The van der Waals surface area contributed by atoms with Crippen molar-refractivity contribution in [2.75, 3.05) is 0 Å². The summed E-state index contributed by atoms with van der Waals surface area (Å²) < 4.78 is 34.0. The molecule has 0 N–H and O–H groups in total. The number of aryl methyl sites for hydroxylation is 1. The Morgan fingerprint density at radius 1 is 1.00 bits per heavy atom. The van der Waals surface area contributed by atoms with Crippen LogP contribution in [0.4, 0.5) is 0 Å². The lowest BCUT2D eigenvalue weighted by atomic mass is 10.1. The van der Waals surface area contributed by atoms with Crippen LogP contribution in [0.15, 0.2) is 30.3 Å². The van der Waals surface area contributed by atoms with Gasteiger partial charge in [0.15, 0.2) is 10.3 Å². The van der Waals surface area contributed by atoms with Crippen LogP contribution in [-0.4, -0.2) is 0 Å². The van der Waals surface area contributed by atoms with Gasteiger partial charge in [0.05, 0.1) is 4.88 Å². The summed E-state index contributed by atoms with van der Waals surface area (Å²) in [5.41, 5.74) is 2.77. The highest BCUT2D eigenvalue weighted by Crippen LogP contribution is 2.35. The zero-order valence-electron chi connectivity index (χ0n) is 9.71. The molecule has 1 aromatic carbocycles. The van der Waals surface area contributed by atoms with Crippen LogP contribution >= 0.6 is 20.7 Å². The second-order valence-electron chi connectivity index (χ2n) is 3.42. The molecule has 18 heavy (non-hydrogen) atoms. The van der Waals surface area contributed by atoms with Crippen molar-refractivity contribution in [2.45, 2.75) is 13.8 Å². The maximum absolute atomic E-state index is 8.49. The number of hydrogen-bond donors (Lipinski definition) is 0. The van der Waals surface area contributed by atoms with Crippen molar-refractivity contribution in [3.05, 3.63) is 40.8 Å². The van der Waals surface area contributed by atoms with E-state index in [-0.39, 0.29) is 0 Å². The molecule has 7 heteroatoms. The van der Waals surface area contributed by atoms with Gasteiger partial charge in [0.1, 0.15) is 0 Å². The lowest BCUT2D eigenvalue weighted by Gasteiger charge is -2.17. The zero-order valence-corrected chi connectivity index (χ0v) is 12.1. The van der Waals surface area contributed by atoms with E-state index in [9.17, 15) is 0 Å². The van der Waals surface area contributed by atoms with Gasteiger partial charge in [-0.25, -0.2) is 18.6 Å². The maximum Gasteiger partial charge on any atom is 0.301 e. The van der Waals surface area contributed by atoms with E-state index in [0.717, 1.165) is 0 Å². The average molecular weight is 307 g/mol. The fraction of sp³-hybridized carbons (Fsp3) is 0.182. The first-order valence-corrected chi connectivity index (χ1v) is 8.24. The van der Waals surface area contributed by atoms with Crippen LogP contribution in [0.2, 0.25) is 0 Å². The molecule has 4 nitrogen and oxygen atoms in total. The first-order chi connectivity index (χ1) is 8.29. The number of benzene rings is 1. The molecule has 2 aromatic rings. The number of rotatable bonds is 1. The molecule has 0 unspecified atom stereocenters. The van der Waals surface area contributed by atoms with Gasteiger partial charge in [0.2, 0.25) is 0 Å². The Balaban J connectivity index is 0.000000280. The normalized spacial score (nSPS) is 10.8. The van der Waals surface area contributed by atoms with E-state index in [0.29, 0.717) is 0 Å². The standard InChI is InChI=1S/C11H11S2.ClHO4/c1-8-9(2)12-13-11(8)10-6-4-3-5-7-10;2-1(3,4)5/h3-7H,1-2H3;(H,2,3,4,5)/q+1;/p-1. The fourth-order valence-electron chi connectivity index (χ4n) is 1.24. The number of halogens is 1. The van der Waals surface area contributed by atoms with Gasteiger partial charge >= 0.3 is 10.3 Å². The van der Waals surface area contributed by atoms with E-state index in [1.807, 2.05) is 20.7 Å². The van der Waals surface area contributed by atoms with Crippen molar-refractivity contribution in [3.63, 3.8) is 0 Å². The Hall–Kier alpha value is -0.600. The Labute approximate surface area is 115 Å². The van der Waals surface area contributed by atoms with Crippen LogP contribution in [-0.2, 0) is 0 Å². The van der Waals surface area contributed by atoms with Gasteiger partial charge in [-0.05, 0) is 26.0 Å². The van der Waals surface area contributed by atoms with Gasteiger partial charge in [0, 0.05) is 11.1 Å². The molecule has 98 valence electrons. The maximum atomic E-state index is 8.49. The summed E-state index contributed by atoms with van der Waals surface area (Å²) in [7, 11) is -1.21. The molecule has 0 atom stereocenters. The van der Waals surface area contributed by atoms with Gasteiger partial charge in [0.25, 0.3) is 4.88 Å². The highest BCUT2D eigenvalue weighted by atomic mass is 35.7. The first-order valence-electron chi connectivity index (χ1n) is 4.85. The second-order valence-corrected chi connectivity index (χ2v) is 6.53. The average Bonchev–Trinajstić information content (AvgIpc) is 2.59. The molecule has 2 rings (SSSR count). The largest absolute Gasteiger partial charge is 0.301 e. The number of hydrogen-bond acceptors (Lipinski definition) is 5. The van der Waals surface area contributed by atoms with Crippen LogP contribution in [0.3, 0.4) is 0 Å². The lowest BCUT2D eigenvalue weighted by Crippen LogP contribution is -2.68. The third-order valence-electron chi connectivity index (χ3n) is 2.15. The van der Waals surface area contributed by atoms with Crippen molar-refractivity contribution >= 4 is 20.7 Å². The van der Waals surface area contributed by atoms with E-state index in [2.05, 4.69) is 44.2 Å². The molecular formula is C11H11ClO4S2. The molecule has 0 saturated carbocycles. The molecule has 0 spiro atoms. The summed E-state index contributed by atoms with van der Waals surface area (Å²) in [5, 5.41) is 0. The minimum Gasteiger partial charge on any atom is -0.222 e. The first kappa shape index (κ1) is 15.5. The second kappa shape index (κ2) is 6.53. The van der Waals surface area contributed by atoms with Crippen LogP contribution in [0.1, 0.15) is 10.4 Å². The van der Waals surface area contributed by atoms with Crippen molar-refractivity contribution in [1.82, 2.24) is 0 Å². The van der Waals surface area contributed by atoms with Crippen LogP contribution in [0.25, 0.3) is 10.4 Å². The summed E-state index contributed by atoms with van der Waals surface area (Å²) in [5.74, 6) is 0. The van der Waals surface area contributed by atoms with Crippen molar-refractivity contribution in [1.29, 1.82) is 0 Å². The molecule has 0 fully saturated rings. The Morgan fingerprint density at radius 2 is 1.50 bits per heavy atom. The molecule has 0 aliphatic rings. The van der Waals surface area contributed by atoms with Gasteiger partial charge in [-0.1, -0.05) is 18.2 Å². The van der Waals surface area contributed by atoms with Gasteiger partial charge in [-0.15, -0.1) is 10.2 Å². The minimum atomic E-state index is -4.94. The van der Waals surface area contributed by atoms with Crippen LogP contribution in [0.5, 0.6) is 0 Å². The zero-order chi connectivity index (χ0) is 13.8. The van der Waals surface area contributed by atoms with Crippen molar-refractivity contribution in [2.24, 2.45) is 0 Å². The van der Waals surface area contributed by atoms with E-state index in [1.165, 1.54) is 20.9 Å². The van der Waals surface area contributed by atoms with Crippen LogP contribution < -0.4 is 18.6 Å². The van der Waals surface area contributed by atoms with Gasteiger partial charge < -0.3 is 0 Å². The molecule has 0 amide bonds. The molecule has 0 aliphatic carbocycles. The molecule has 0 aliphatic heterocycles. The molecule has 0 bridgehead atoms. The highest BCUT2D eigenvalue weighted by molar-refractivity contribution is 7.70. The van der Waals surface area contributed by atoms with Gasteiger partial charge in [-0.2, -0.15) is 0 Å². The SMILES string of the molecule is Cc1s[s+]c(-c2ccccc2)c1C.[O-][Cl+3]([O-])([O-])[O-]. The van der Waals surface area contributed by atoms with E-state index >= 15 is 0 Å². The predicted molar refractivity (Wildman–Crippen MR) is 61.5 cm³/mol. The Bertz CT molecular complexity index is 487. The highest BCUT2D eigenvalue weighted by Gasteiger charge is 2.18. The molecule has 1 heterocycles. The van der Waals surface area contributed by atoms with Crippen molar-refractivity contribution in [3.8, 4) is 10.4 Å². The Morgan fingerprint density at radius 3 is 1.89 bits per heavy atom. The van der Waals surface area contributed by atoms with Crippen molar-refractivity contribution < 1.29 is 28.9 Å². The smallest absolute Gasteiger partial charge is 0.222 e. The minimum absolute atomic E-state index is 1.34. The monoisotopic (exact) mass is 306 g/mol. The van der Waals surface area contributed by atoms with Crippen LogP contribution in [0, 0.1) is 24.1 Å². The topological polar surface area (TPSA) is 92.2 Å². The quantitative estimate of drug-likeness (QED) is 0.530. The summed E-state index contributed by atoms with van der Waals surface area (Å²) in [4.78, 5) is 2.85. The Kier molecular flexibility index (Phi) is 5.61. The fourth-order valence-corrected chi connectivity index (χ4v) is 3.92. The summed E-state index contributed by atoms with van der Waals surface area (Å²) in [6, 6.07) is 10.6. The van der Waals surface area contributed by atoms with E-state index in [4.69, 9.17) is 18.6 Å². The summed E-state index contributed by atoms with van der Waals surface area (Å²) in [6.07, 6.45) is 0. The molecule has 0 radical (unpaired) electrons. The van der Waals surface area contributed by atoms with E-state index in [1.54, 1.807) is 0 Å². The third kappa shape index (κ3) is 5.36. The summed E-state index contributed by atoms with van der Waals surface area (Å²) >= 11 is 0. The van der Waals surface area contributed by atoms with Gasteiger partial charge in [-0.3, -0.25) is 0 Å². The molecule has 1 aromatic heterocycles. The molecule has 0 saturated heterocycles. The summed E-state index contributed by atoms with van der Waals surface area (Å²) in [6.45, 7) is 4.38. The lowest BCUT2D eigenvalue weighted by molar-refractivity contribution is -2.00. The van der Waals surface area contributed by atoms with E-state index < -0.39 is 10.2 Å². The predicted octanol–water partition coefficient (Wildman–Crippen LogP) is -0.381.